The second-order valence-electron chi connectivity index (χ2n) is 1.54. The number of nitrogens with zero attached hydrogens (tertiary/aromatic N) is 1. The standard InChI is InChI=1S/C5H6N2OS/c6-5(8)7-4-2-1-3-9-4/h1,3H,2H2,(H2,6,8)/b7-4-. The van der Waals surface area contributed by atoms with Crippen LogP contribution in [-0.4, -0.2) is 11.1 Å². The van der Waals surface area contributed by atoms with Crippen LogP contribution in [0.1, 0.15) is 6.42 Å². The van der Waals surface area contributed by atoms with Gasteiger partial charge in [0, 0.05) is 6.42 Å². The molecule has 0 bridgehead atoms. The predicted molar refractivity (Wildman–Crippen MR) is 38.4 cm³/mol. The van der Waals surface area contributed by atoms with Crippen molar-refractivity contribution in [2.45, 2.75) is 6.42 Å². The van der Waals surface area contributed by atoms with Crippen LogP contribution in [-0.2, 0) is 0 Å². The summed E-state index contributed by atoms with van der Waals surface area (Å²) >= 11 is 1.44. The van der Waals surface area contributed by atoms with E-state index in [1.54, 1.807) is 0 Å². The molecular formula is C5H6N2OS. The number of nitrogens with two attached hydrogens (primary N) is 1. The summed E-state index contributed by atoms with van der Waals surface area (Å²) in [4.78, 5) is 13.7. The van der Waals surface area contributed by atoms with Crippen LogP contribution in [0.15, 0.2) is 16.5 Å². The van der Waals surface area contributed by atoms with Gasteiger partial charge in [0.15, 0.2) is 0 Å². The van der Waals surface area contributed by atoms with Crippen LogP contribution in [0.25, 0.3) is 0 Å². The summed E-state index contributed by atoms with van der Waals surface area (Å²) in [6.45, 7) is 0. The number of carbonyl (C=O) groups excluding carboxylic acids is 1. The summed E-state index contributed by atoms with van der Waals surface area (Å²) in [7, 11) is 0. The average Bonchev–Trinajstić information content (AvgIpc) is 2.15. The zero-order chi connectivity index (χ0) is 6.69. The number of rotatable bonds is 0. The summed E-state index contributed by atoms with van der Waals surface area (Å²) in [5, 5.41) is 2.67. The van der Waals surface area contributed by atoms with Gasteiger partial charge in [-0.1, -0.05) is 17.8 Å². The van der Waals surface area contributed by atoms with Crippen LogP contribution in [0.5, 0.6) is 0 Å². The summed E-state index contributed by atoms with van der Waals surface area (Å²) in [6.07, 6.45) is 2.68. The molecule has 0 unspecified atom stereocenters. The highest BCUT2D eigenvalue weighted by atomic mass is 32.2. The SMILES string of the molecule is NC(=O)/N=C1/CC=CS1. The Labute approximate surface area is 57.0 Å². The van der Waals surface area contributed by atoms with E-state index in [4.69, 9.17) is 5.73 Å². The lowest BCUT2D eigenvalue weighted by molar-refractivity contribution is 0.257. The van der Waals surface area contributed by atoms with Crippen LogP contribution in [0.2, 0.25) is 0 Å². The summed E-state index contributed by atoms with van der Waals surface area (Å²) in [6, 6.07) is -0.610. The molecule has 0 aliphatic carbocycles. The van der Waals surface area contributed by atoms with E-state index >= 15 is 0 Å². The van der Waals surface area contributed by atoms with Crippen molar-refractivity contribution in [1.82, 2.24) is 0 Å². The van der Waals surface area contributed by atoms with Crippen LogP contribution in [0, 0.1) is 0 Å². The zero-order valence-electron chi connectivity index (χ0n) is 4.70. The Morgan fingerprint density at radius 3 is 3.11 bits per heavy atom. The fourth-order valence-electron chi connectivity index (χ4n) is 0.519. The number of allylic oxidation sites excluding steroid dienone is 1. The Morgan fingerprint density at radius 1 is 1.89 bits per heavy atom. The topological polar surface area (TPSA) is 55.5 Å². The molecule has 0 saturated carbocycles. The van der Waals surface area contributed by atoms with Gasteiger partial charge in [0.25, 0.3) is 0 Å². The molecule has 0 fully saturated rings. The van der Waals surface area contributed by atoms with E-state index in [9.17, 15) is 4.79 Å². The Kier molecular flexibility index (Phi) is 1.89. The Hall–Kier alpha value is -0.770. The van der Waals surface area contributed by atoms with Gasteiger partial charge in [-0.3, -0.25) is 0 Å². The Morgan fingerprint density at radius 2 is 2.67 bits per heavy atom. The number of aliphatic imine (C=N–C) groups is 1. The summed E-state index contributed by atoms with van der Waals surface area (Å²) < 4.78 is 0. The molecule has 0 radical (unpaired) electrons. The van der Waals surface area contributed by atoms with E-state index < -0.39 is 6.03 Å². The third kappa shape index (κ3) is 1.89. The van der Waals surface area contributed by atoms with Crippen LogP contribution >= 0.6 is 11.8 Å². The maximum absolute atomic E-state index is 10.1. The molecule has 0 aromatic heterocycles. The number of amides is 2. The molecule has 2 N–H and O–H groups in total. The molecule has 0 aromatic carbocycles. The second-order valence-corrected chi connectivity index (χ2v) is 2.52. The van der Waals surface area contributed by atoms with Crippen molar-refractivity contribution in [1.29, 1.82) is 0 Å². The minimum absolute atomic E-state index is 0.610. The van der Waals surface area contributed by atoms with Crippen molar-refractivity contribution in [2.24, 2.45) is 10.7 Å². The van der Waals surface area contributed by atoms with Gasteiger partial charge >= 0.3 is 6.03 Å². The first-order valence-electron chi connectivity index (χ1n) is 2.47. The lowest BCUT2D eigenvalue weighted by Crippen LogP contribution is -2.05. The van der Waals surface area contributed by atoms with Crippen molar-refractivity contribution in [3.05, 3.63) is 11.5 Å². The van der Waals surface area contributed by atoms with Crippen LogP contribution < -0.4 is 5.73 Å². The van der Waals surface area contributed by atoms with Gasteiger partial charge in [-0.05, 0) is 5.41 Å². The van der Waals surface area contributed by atoms with Crippen molar-refractivity contribution >= 4 is 22.8 Å². The third-order valence-electron chi connectivity index (χ3n) is 0.828. The number of primary amides is 1. The molecule has 2 amide bonds. The highest BCUT2D eigenvalue weighted by Crippen LogP contribution is 2.17. The minimum Gasteiger partial charge on any atom is -0.350 e. The van der Waals surface area contributed by atoms with E-state index in [1.165, 1.54) is 11.8 Å². The molecular weight excluding hydrogens is 136 g/mol. The third-order valence-corrected chi connectivity index (χ3v) is 1.69. The molecule has 1 aliphatic heterocycles. The monoisotopic (exact) mass is 142 g/mol. The number of hydrogen-bond acceptors (Lipinski definition) is 2. The van der Waals surface area contributed by atoms with E-state index in [-0.39, 0.29) is 0 Å². The average molecular weight is 142 g/mol. The van der Waals surface area contributed by atoms with Crippen molar-refractivity contribution in [3.8, 4) is 0 Å². The summed E-state index contributed by atoms with van der Waals surface area (Å²) in [5.74, 6) is 0. The van der Waals surface area contributed by atoms with Gasteiger partial charge in [-0.15, -0.1) is 0 Å². The maximum atomic E-state index is 10.1. The molecule has 0 spiro atoms. The zero-order valence-corrected chi connectivity index (χ0v) is 5.52. The molecule has 0 atom stereocenters. The molecule has 0 aromatic rings. The highest BCUT2D eigenvalue weighted by molar-refractivity contribution is 8.16. The minimum atomic E-state index is -0.610. The van der Waals surface area contributed by atoms with Crippen LogP contribution in [0.4, 0.5) is 4.79 Å². The molecule has 9 heavy (non-hydrogen) atoms. The Balaban J connectivity index is 2.53. The van der Waals surface area contributed by atoms with Gasteiger partial charge < -0.3 is 5.73 Å². The quantitative estimate of drug-likeness (QED) is 0.551. The fraction of sp³-hybridized carbons (Fsp3) is 0.200. The Bertz CT molecular complexity index is 175. The first-order chi connectivity index (χ1) is 4.29. The van der Waals surface area contributed by atoms with Gasteiger partial charge in [-0.2, -0.15) is 4.99 Å². The van der Waals surface area contributed by atoms with Crippen molar-refractivity contribution in [2.75, 3.05) is 0 Å². The lowest BCUT2D eigenvalue weighted by atomic mass is 10.5. The largest absolute Gasteiger partial charge is 0.350 e. The summed E-state index contributed by atoms with van der Waals surface area (Å²) in [5.41, 5.74) is 4.80. The smallest absolute Gasteiger partial charge is 0.339 e. The first kappa shape index (κ1) is 6.35. The van der Waals surface area contributed by atoms with Gasteiger partial charge in [0.2, 0.25) is 0 Å². The lowest BCUT2D eigenvalue weighted by Gasteiger charge is -1.87. The van der Waals surface area contributed by atoms with Crippen molar-refractivity contribution < 1.29 is 4.79 Å². The maximum Gasteiger partial charge on any atom is 0.339 e. The van der Waals surface area contributed by atoms with E-state index in [0.717, 1.165) is 11.5 Å². The second kappa shape index (κ2) is 2.68. The highest BCUT2D eigenvalue weighted by Gasteiger charge is 2.02. The van der Waals surface area contributed by atoms with E-state index in [1.807, 2.05) is 11.5 Å². The molecule has 4 heteroatoms. The molecule has 48 valence electrons. The molecule has 1 heterocycles. The molecule has 1 rings (SSSR count). The van der Waals surface area contributed by atoms with E-state index in [0.29, 0.717) is 0 Å². The molecule has 1 aliphatic rings. The van der Waals surface area contributed by atoms with Crippen LogP contribution in [0.3, 0.4) is 0 Å². The van der Waals surface area contributed by atoms with E-state index in [2.05, 4.69) is 4.99 Å². The normalized spacial score (nSPS) is 21.1. The first-order valence-corrected chi connectivity index (χ1v) is 3.35. The molecule has 0 saturated heterocycles. The molecule has 3 nitrogen and oxygen atoms in total. The van der Waals surface area contributed by atoms with Gasteiger partial charge in [0.1, 0.15) is 0 Å². The number of thioether (sulfide) groups is 1. The van der Waals surface area contributed by atoms with Crippen molar-refractivity contribution in [3.63, 3.8) is 0 Å². The van der Waals surface area contributed by atoms with Gasteiger partial charge in [-0.25, -0.2) is 4.79 Å². The predicted octanol–water partition coefficient (Wildman–Crippen LogP) is 1.11. The number of hydrogen-bond donors (Lipinski definition) is 1. The fourth-order valence-corrected chi connectivity index (χ4v) is 1.20. The number of carbonyl (C=O) groups is 1. The number of urea groups is 1. The van der Waals surface area contributed by atoms with Gasteiger partial charge in [0.05, 0.1) is 5.04 Å².